The number of nitrogens with one attached hydrogen (secondary N) is 1. The van der Waals surface area contributed by atoms with Gasteiger partial charge in [-0.15, -0.1) is 0 Å². The van der Waals surface area contributed by atoms with Gasteiger partial charge in [0.15, 0.2) is 0 Å². The van der Waals surface area contributed by atoms with Gasteiger partial charge >= 0.3 is 11.9 Å². The van der Waals surface area contributed by atoms with E-state index in [9.17, 15) is 9.59 Å². The van der Waals surface area contributed by atoms with Crippen LogP contribution in [0.25, 0.3) is 10.9 Å². The number of aromatic amines is 1. The van der Waals surface area contributed by atoms with Gasteiger partial charge in [-0.1, -0.05) is 0 Å². The molecule has 2 aromatic rings. The Bertz CT molecular complexity index is 647. The van der Waals surface area contributed by atoms with Crippen LogP contribution in [0.5, 0.6) is 5.75 Å². The zero-order valence-electron chi connectivity index (χ0n) is 12.0. The molecule has 0 amide bonds. The lowest BCUT2D eigenvalue weighted by atomic mass is 10.1. The number of rotatable bonds is 6. The molecule has 0 aliphatic heterocycles. The first-order valence-electron chi connectivity index (χ1n) is 6.53. The van der Waals surface area contributed by atoms with Crippen LogP contribution in [0.2, 0.25) is 0 Å². The van der Waals surface area contributed by atoms with Crippen molar-refractivity contribution in [3.8, 4) is 5.75 Å². The largest absolute Gasteiger partial charge is 0.490 e. The third-order valence-corrected chi connectivity index (χ3v) is 2.96. The predicted octanol–water partition coefficient (Wildman–Crippen LogP) is 1.83. The number of benzene rings is 1. The van der Waals surface area contributed by atoms with Crippen molar-refractivity contribution in [3.05, 3.63) is 30.0 Å². The van der Waals surface area contributed by atoms with E-state index in [1.54, 1.807) is 6.20 Å². The van der Waals surface area contributed by atoms with Crippen molar-refractivity contribution >= 4 is 22.8 Å². The summed E-state index contributed by atoms with van der Waals surface area (Å²) in [5.41, 5.74) is 1.77. The Kier molecular flexibility index (Phi) is 4.81. The van der Waals surface area contributed by atoms with Crippen molar-refractivity contribution < 1.29 is 23.8 Å². The van der Waals surface area contributed by atoms with Crippen LogP contribution in [0.15, 0.2) is 24.4 Å². The molecular weight excluding hydrogens is 274 g/mol. The van der Waals surface area contributed by atoms with E-state index in [1.165, 1.54) is 14.0 Å². The topological polar surface area (TPSA) is 77.6 Å². The molecule has 1 N–H and O–H groups in total. The van der Waals surface area contributed by atoms with Gasteiger partial charge < -0.3 is 19.2 Å². The molecule has 1 aromatic heterocycles. The van der Waals surface area contributed by atoms with Gasteiger partial charge in [-0.3, -0.25) is 9.59 Å². The van der Waals surface area contributed by atoms with Crippen molar-refractivity contribution in [3.63, 3.8) is 0 Å². The molecule has 0 fully saturated rings. The summed E-state index contributed by atoms with van der Waals surface area (Å²) in [6, 6.07) is 5.53. The Morgan fingerprint density at radius 2 is 2.05 bits per heavy atom. The van der Waals surface area contributed by atoms with E-state index in [0.717, 1.165) is 16.5 Å². The summed E-state index contributed by atoms with van der Waals surface area (Å²) >= 11 is 0. The van der Waals surface area contributed by atoms with Gasteiger partial charge in [0.1, 0.15) is 19.0 Å². The Labute approximate surface area is 122 Å². The normalized spacial score (nSPS) is 10.4. The van der Waals surface area contributed by atoms with Crippen molar-refractivity contribution in [1.82, 2.24) is 4.98 Å². The summed E-state index contributed by atoms with van der Waals surface area (Å²) < 4.78 is 15.0. The van der Waals surface area contributed by atoms with Gasteiger partial charge in [0.25, 0.3) is 0 Å². The Balaban J connectivity index is 2.06. The Morgan fingerprint density at radius 1 is 1.24 bits per heavy atom. The SMILES string of the molecule is COC(=O)Cc1c[nH]c2ccc(OCCOC(C)=O)cc12. The van der Waals surface area contributed by atoms with Crippen molar-refractivity contribution in [2.75, 3.05) is 20.3 Å². The summed E-state index contributed by atoms with van der Waals surface area (Å²) in [6.45, 7) is 1.84. The number of fused-ring (bicyclic) bond motifs is 1. The van der Waals surface area contributed by atoms with Crippen LogP contribution < -0.4 is 4.74 Å². The molecule has 2 rings (SSSR count). The van der Waals surface area contributed by atoms with Crippen molar-refractivity contribution in [1.29, 1.82) is 0 Å². The molecule has 1 heterocycles. The molecule has 6 nitrogen and oxygen atoms in total. The smallest absolute Gasteiger partial charge is 0.310 e. The monoisotopic (exact) mass is 291 g/mol. The molecule has 0 saturated carbocycles. The van der Waals surface area contributed by atoms with E-state index in [4.69, 9.17) is 9.47 Å². The van der Waals surface area contributed by atoms with Gasteiger partial charge in [0.05, 0.1) is 13.5 Å². The lowest BCUT2D eigenvalue weighted by molar-refractivity contribution is -0.142. The van der Waals surface area contributed by atoms with E-state index in [1.807, 2.05) is 18.2 Å². The molecule has 0 bridgehead atoms. The average molecular weight is 291 g/mol. The summed E-state index contributed by atoms with van der Waals surface area (Å²) in [7, 11) is 1.36. The van der Waals surface area contributed by atoms with E-state index < -0.39 is 0 Å². The predicted molar refractivity (Wildman–Crippen MR) is 76.1 cm³/mol. The molecule has 0 saturated heterocycles. The van der Waals surface area contributed by atoms with E-state index in [-0.39, 0.29) is 31.6 Å². The zero-order valence-corrected chi connectivity index (χ0v) is 12.0. The Hall–Kier alpha value is -2.50. The minimum absolute atomic E-state index is 0.202. The van der Waals surface area contributed by atoms with Crippen LogP contribution in [-0.2, 0) is 25.5 Å². The van der Waals surface area contributed by atoms with Crippen molar-refractivity contribution in [2.24, 2.45) is 0 Å². The highest BCUT2D eigenvalue weighted by molar-refractivity contribution is 5.88. The second kappa shape index (κ2) is 6.78. The number of hydrogen-bond acceptors (Lipinski definition) is 5. The van der Waals surface area contributed by atoms with Crippen LogP contribution in [0.1, 0.15) is 12.5 Å². The van der Waals surface area contributed by atoms with Crippen LogP contribution in [0, 0.1) is 0 Å². The van der Waals surface area contributed by atoms with Gasteiger partial charge in [-0.05, 0) is 23.8 Å². The highest BCUT2D eigenvalue weighted by Crippen LogP contribution is 2.24. The van der Waals surface area contributed by atoms with Crippen LogP contribution in [0.3, 0.4) is 0 Å². The van der Waals surface area contributed by atoms with Gasteiger partial charge in [0.2, 0.25) is 0 Å². The third-order valence-electron chi connectivity index (χ3n) is 2.96. The molecule has 0 radical (unpaired) electrons. The quantitative estimate of drug-likeness (QED) is 0.649. The first-order valence-corrected chi connectivity index (χ1v) is 6.53. The maximum Gasteiger partial charge on any atom is 0.310 e. The number of ether oxygens (including phenoxy) is 3. The number of carbonyl (C=O) groups is 2. The molecule has 0 aliphatic rings. The van der Waals surface area contributed by atoms with Crippen LogP contribution >= 0.6 is 0 Å². The molecule has 0 aliphatic carbocycles. The molecule has 112 valence electrons. The fraction of sp³-hybridized carbons (Fsp3) is 0.333. The Morgan fingerprint density at radius 3 is 2.76 bits per heavy atom. The lowest BCUT2D eigenvalue weighted by Crippen LogP contribution is -2.09. The molecule has 0 atom stereocenters. The number of methoxy groups -OCH3 is 1. The fourth-order valence-corrected chi connectivity index (χ4v) is 1.97. The fourth-order valence-electron chi connectivity index (χ4n) is 1.97. The minimum Gasteiger partial charge on any atom is -0.490 e. The van der Waals surface area contributed by atoms with E-state index >= 15 is 0 Å². The van der Waals surface area contributed by atoms with Crippen molar-refractivity contribution in [2.45, 2.75) is 13.3 Å². The number of hydrogen-bond donors (Lipinski definition) is 1. The highest BCUT2D eigenvalue weighted by atomic mass is 16.6. The number of carbonyl (C=O) groups excluding carboxylic acids is 2. The molecule has 1 aromatic carbocycles. The third kappa shape index (κ3) is 3.98. The molecule has 21 heavy (non-hydrogen) atoms. The van der Waals surface area contributed by atoms with Gasteiger partial charge in [0, 0.05) is 24.0 Å². The number of aromatic nitrogens is 1. The summed E-state index contributed by atoms with van der Waals surface area (Å²) in [5, 5.41) is 0.908. The second-order valence-electron chi connectivity index (χ2n) is 4.46. The van der Waals surface area contributed by atoms with Gasteiger partial charge in [-0.25, -0.2) is 0 Å². The second-order valence-corrected chi connectivity index (χ2v) is 4.46. The summed E-state index contributed by atoms with van der Waals surface area (Å²) in [6.07, 6.45) is 1.98. The van der Waals surface area contributed by atoms with Crippen LogP contribution in [-0.4, -0.2) is 37.2 Å². The lowest BCUT2D eigenvalue weighted by Gasteiger charge is -2.07. The highest BCUT2D eigenvalue weighted by Gasteiger charge is 2.10. The maximum absolute atomic E-state index is 11.4. The number of esters is 2. The van der Waals surface area contributed by atoms with Gasteiger partial charge in [-0.2, -0.15) is 0 Å². The molecule has 6 heteroatoms. The maximum atomic E-state index is 11.4. The first-order chi connectivity index (χ1) is 10.1. The standard InChI is InChI=1S/C15H17NO5/c1-10(17)20-5-6-21-12-3-4-14-13(8-12)11(9-16-14)7-15(18)19-2/h3-4,8-9,16H,5-7H2,1-2H3. The summed E-state index contributed by atoms with van der Waals surface area (Å²) in [5.74, 6) is 0.0255. The van der Waals surface area contributed by atoms with Crippen LogP contribution in [0.4, 0.5) is 0 Å². The molecule has 0 spiro atoms. The molecular formula is C15H17NO5. The first kappa shape index (κ1) is 14.9. The number of H-pyrrole nitrogens is 1. The minimum atomic E-state index is -0.333. The average Bonchev–Trinajstić information content (AvgIpc) is 2.86. The van der Waals surface area contributed by atoms with E-state index in [0.29, 0.717) is 5.75 Å². The molecule has 0 unspecified atom stereocenters. The summed E-state index contributed by atoms with van der Waals surface area (Å²) in [4.78, 5) is 25.1. The van der Waals surface area contributed by atoms with E-state index in [2.05, 4.69) is 9.72 Å². The zero-order chi connectivity index (χ0) is 15.2.